The third-order valence-electron chi connectivity index (χ3n) is 1.02. The zero-order chi connectivity index (χ0) is 9.45. The van der Waals surface area contributed by atoms with Crippen molar-refractivity contribution in [2.75, 3.05) is 26.4 Å². The lowest BCUT2D eigenvalue weighted by Crippen LogP contribution is -2.12. The van der Waals surface area contributed by atoms with Gasteiger partial charge in [0.05, 0.1) is 33.0 Å². The Kier molecular flexibility index (Phi) is 6.34. The molecule has 0 aliphatic carbocycles. The third kappa shape index (κ3) is 9.88. The van der Waals surface area contributed by atoms with E-state index in [4.69, 9.17) is 14.6 Å². The molecule has 0 aromatic heterocycles. The van der Waals surface area contributed by atoms with Crippen LogP contribution in [0.15, 0.2) is 0 Å². The largest absolute Gasteiger partial charge is 0.394 e. The number of ether oxygens (including phenoxy) is 2. The van der Waals surface area contributed by atoms with Crippen molar-refractivity contribution < 1.29 is 14.6 Å². The Morgan fingerprint density at radius 1 is 1.17 bits per heavy atom. The lowest BCUT2D eigenvalue weighted by molar-refractivity contribution is 0.0390. The molecule has 0 aromatic carbocycles. The number of hydrogen-bond donors (Lipinski definition) is 1. The van der Waals surface area contributed by atoms with Crippen molar-refractivity contribution in [3.8, 4) is 0 Å². The second-order valence-corrected chi connectivity index (χ2v) is 3.69. The summed E-state index contributed by atoms with van der Waals surface area (Å²) in [6.45, 7) is 9.56. The maximum atomic E-state index is 8.38. The smallest absolute Gasteiger partial charge is 0.0891 e. The van der Waals surface area contributed by atoms with Crippen molar-refractivity contribution in [3.63, 3.8) is 0 Å². The first-order valence-electron chi connectivity index (χ1n) is 4.21. The SMILES string of the molecule is CC(C)(C)[CH]OCCOCCO. The van der Waals surface area contributed by atoms with E-state index in [1.54, 1.807) is 6.61 Å². The van der Waals surface area contributed by atoms with Crippen LogP contribution in [0.25, 0.3) is 0 Å². The minimum atomic E-state index is 0.0724. The van der Waals surface area contributed by atoms with E-state index in [9.17, 15) is 0 Å². The van der Waals surface area contributed by atoms with Crippen LogP contribution >= 0.6 is 0 Å². The molecule has 0 atom stereocenters. The van der Waals surface area contributed by atoms with Gasteiger partial charge in [0.15, 0.2) is 0 Å². The summed E-state index contributed by atoms with van der Waals surface area (Å²) in [5.41, 5.74) is 0.0942. The fourth-order valence-corrected chi connectivity index (χ4v) is 0.583. The van der Waals surface area contributed by atoms with Gasteiger partial charge >= 0.3 is 0 Å². The lowest BCUT2D eigenvalue weighted by Gasteiger charge is -2.16. The summed E-state index contributed by atoms with van der Waals surface area (Å²) in [6.07, 6.45) is 0. The van der Waals surface area contributed by atoms with Crippen LogP contribution in [0, 0.1) is 12.0 Å². The highest BCUT2D eigenvalue weighted by molar-refractivity contribution is 4.70. The van der Waals surface area contributed by atoms with E-state index in [0.717, 1.165) is 0 Å². The molecule has 1 radical (unpaired) electrons. The highest BCUT2D eigenvalue weighted by atomic mass is 16.5. The van der Waals surface area contributed by atoms with Crippen LogP contribution in [-0.2, 0) is 9.47 Å². The van der Waals surface area contributed by atoms with Gasteiger partial charge in [0, 0.05) is 0 Å². The quantitative estimate of drug-likeness (QED) is 0.617. The summed E-state index contributed by atoms with van der Waals surface area (Å²) in [5.74, 6) is 0. The van der Waals surface area contributed by atoms with E-state index in [2.05, 4.69) is 20.8 Å². The molecule has 0 saturated carbocycles. The molecule has 0 spiro atoms. The molecule has 0 rings (SSSR count). The Labute approximate surface area is 74.7 Å². The van der Waals surface area contributed by atoms with Gasteiger partial charge in [-0.15, -0.1) is 0 Å². The fourth-order valence-electron chi connectivity index (χ4n) is 0.583. The van der Waals surface area contributed by atoms with E-state index >= 15 is 0 Å². The van der Waals surface area contributed by atoms with Crippen molar-refractivity contribution >= 4 is 0 Å². The van der Waals surface area contributed by atoms with Gasteiger partial charge in [-0.3, -0.25) is 0 Å². The molecule has 0 heterocycles. The van der Waals surface area contributed by atoms with Crippen molar-refractivity contribution in [2.24, 2.45) is 5.41 Å². The molecule has 0 aliphatic rings. The zero-order valence-corrected chi connectivity index (χ0v) is 8.17. The Bertz CT molecular complexity index is 96.4. The number of aliphatic hydroxyl groups is 1. The normalized spacial score (nSPS) is 12.0. The van der Waals surface area contributed by atoms with E-state index < -0.39 is 0 Å². The Morgan fingerprint density at radius 3 is 2.33 bits per heavy atom. The summed E-state index contributed by atoms with van der Waals surface area (Å²) in [7, 11) is 0. The van der Waals surface area contributed by atoms with Crippen molar-refractivity contribution in [2.45, 2.75) is 20.8 Å². The van der Waals surface area contributed by atoms with Crippen LogP contribution in [0.3, 0.4) is 0 Å². The predicted molar refractivity (Wildman–Crippen MR) is 47.6 cm³/mol. The molecule has 3 heteroatoms. The maximum Gasteiger partial charge on any atom is 0.0891 e. The maximum absolute atomic E-state index is 8.38. The molecule has 0 unspecified atom stereocenters. The summed E-state index contributed by atoms with van der Waals surface area (Å²) in [6, 6.07) is 0. The average Bonchev–Trinajstić information content (AvgIpc) is 1.94. The minimum absolute atomic E-state index is 0.0724. The zero-order valence-electron chi connectivity index (χ0n) is 8.17. The molecule has 12 heavy (non-hydrogen) atoms. The average molecular weight is 175 g/mol. The fraction of sp³-hybridized carbons (Fsp3) is 0.889. The standard InChI is InChI=1S/C9H19O3/c1-9(2,3)8-12-7-6-11-5-4-10/h8,10H,4-7H2,1-3H3. The highest BCUT2D eigenvalue weighted by Crippen LogP contribution is 2.17. The van der Waals surface area contributed by atoms with Gasteiger partial charge in [0.1, 0.15) is 0 Å². The first-order chi connectivity index (χ1) is 5.56. The third-order valence-corrected chi connectivity index (χ3v) is 1.02. The lowest BCUT2D eigenvalue weighted by atomic mass is 9.99. The second-order valence-electron chi connectivity index (χ2n) is 3.69. The van der Waals surface area contributed by atoms with Crippen LogP contribution in [0.2, 0.25) is 0 Å². The van der Waals surface area contributed by atoms with E-state index in [0.29, 0.717) is 19.8 Å². The number of hydrogen-bond acceptors (Lipinski definition) is 3. The van der Waals surface area contributed by atoms with Crippen LogP contribution in [0.4, 0.5) is 0 Å². The van der Waals surface area contributed by atoms with Gasteiger partial charge < -0.3 is 14.6 Å². The van der Waals surface area contributed by atoms with Crippen molar-refractivity contribution in [1.82, 2.24) is 0 Å². The van der Waals surface area contributed by atoms with Crippen LogP contribution < -0.4 is 0 Å². The number of aliphatic hydroxyl groups excluding tert-OH is 1. The van der Waals surface area contributed by atoms with E-state index in [1.165, 1.54) is 0 Å². The molecule has 73 valence electrons. The van der Waals surface area contributed by atoms with E-state index in [1.807, 2.05) is 0 Å². The Balaban J connectivity index is 3.01. The summed E-state index contributed by atoms with van der Waals surface area (Å²) >= 11 is 0. The molecule has 0 aliphatic heterocycles. The minimum Gasteiger partial charge on any atom is -0.394 e. The molecule has 0 aromatic rings. The van der Waals surface area contributed by atoms with Crippen LogP contribution in [0.5, 0.6) is 0 Å². The van der Waals surface area contributed by atoms with Crippen molar-refractivity contribution in [3.05, 3.63) is 6.61 Å². The van der Waals surface area contributed by atoms with Gasteiger partial charge in [0.2, 0.25) is 0 Å². The molecule has 0 fully saturated rings. The summed E-state index contributed by atoms with van der Waals surface area (Å²) < 4.78 is 10.2. The van der Waals surface area contributed by atoms with Gasteiger partial charge in [-0.25, -0.2) is 0 Å². The predicted octanol–water partition coefficient (Wildman–Crippen LogP) is 1.22. The summed E-state index contributed by atoms with van der Waals surface area (Å²) in [4.78, 5) is 0. The molecular weight excluding hydrogens is 156 g/mol. The van der Waals surface area contributed by atoms with E-state index in [-0.39, 0.29) is 12.0 Å². The molecule has 0 amide bonds. The topological polar surface area (TPSA) is 38.7 Å². The van der Waals surface area contributed by atoms with Gasteiger partial charge in [-0.1, -0.05) is 20.8 Å². The Hall–Kier alpha value is -0.120. The van der Waals surface area contributed by atoms with Crippen molar-refractivity contribution in [1.29, 1.82) is 0 Å². The molecule has 0 saturated heterocycles. The van der Waals surface area contributed by atoms with Gasteiger partial charge in [0.25, 0.3) is 0 Å². The van der Waals surface area contributed by atoms with Crippen LogP contribution in [-0.4, -0.2) is 31.5 Å². The second kappa shape index (κ2) is 6.40. The molecule has 1 N–H and O–H groups in total. The Morgan fingerprint density at radius 2 is 1.83 bits per heavy atom. The van der Waals surface area contributed by atoms with Gasteiger partial charge in [-0.05, 0) is 5.41 Å². The monoisotopic (exact) mass is 175 g/mol. The summed E-state index contributed by atoms with van der Waals surface area (Å²) in [5, 5.41) is 8.38. The first kappa shape index (κ1) is 11.9. The number of rotatable bonds is 6. The highest BCUT2D eigenvalue weighted by Gasteiger charge is 2.10. The molecular formula is C9H19O3. The first-order valence-corrected chi connectivity index (χ1v) is 4.21. The van der Waals surface area contributed by atoms with Crippen LogP contribution in [0.1, 0.15) is 20.8 Å². The van der Waals surface area contributed by atoms with Gasteiger partial charge in [-0.2, -0.15) is 0 Å². The molecule has 3 nitrogen and oxygen atoms in total. The molecule has 0 bridgehead atoms.